The highest BCUT2D eigenvalue weighted by molar-refractivity contribution is 5.96. The molecule has 306 valence electrons. The molecule has 12 heteroatoms. The molecule has 0 aromatic rings. The number of carbonyl (C=O) groups is 6. The summed E-state index contributed by atoms with van der Waals surface area (Å²) in [6, 6.07) is 0. The Morgan fingerprint density at radius 1 is 0.750 bits per heavy atom. The topological polar surface area (TPSA) is 213 Å². The molecular weight excluding hydrogens is 720 g/mol. The summed E-state index contributed by atoms with van der Waals surface area (Å²) < 4.78 is 6.36. The fraction of sp³-hybridized carbons (Fsp3) is 0.773. The van der Waals surface area contributed by atoms with E-state index in [9.17, 15) is 54.3 Å². The number of fused-ring (bicyclic) bond motifs is 10. The fourth-order valence-electron chi connectivity index (χ4n) is 15.3. The lowest BCUT2D eigenvalue weighted by molar-refractivity contribution is -0.189. The maximum atomic E-state index is 14.4. The predicted molar refractivity (Wildman–Crippen MR) is 198 cm³/mol. The van der Waals surface area contributed by atoms with Crippen molar-refractivity contribution in [1.29, 1.82) is 0 Å². The number of carbonyl (C=O) groups excluding carboxylic acids is 6. The molecule has 12 nitrogen and oxygen atoms in total. The molecular formula is C44H58O12. The molecule has 0 spiro atoms. The molecule has 0 radical (unpaired) electrons. The van der Waals surface area contributed by atoms with Crippen LogP contribution in [0.15, 0.2) is 23.3 Å². The molecule has 0 aliphatic heterocycles. The second-order valence-electron chi connectivity index (χ2n) is 20.0. The minimum Gasteiger partial charge on any atom is -0.461 e. The Bertz CT molecular complexity index is 1850. The van der Waals surface area contributed by atoms with E-state index in [1.807, 2.05) is 20.8 Å². The lowest BCUT2D eigenvalue weighted by atomic mass is 9.43. The average Bonchev–Trinajstić information content (AvgIpc) is 3.57. The minimum absolute atomic E-state index is 0.0604. The van der Waals surface area contributed by atoms with Crippen molar-refractivity contribution in [2.75, 3.05) is 13.2 Å². The summed E-state index contributed by atoms with van der Waals surface area (Å²) in [6.45, 7) is 5.94. The Hall–Kier alpha value is -2.90. The van der Waals surface area contributed by atoms with Crippen LogP contribution in [-0.4, -0.2) is 97.0 Å². The van der Waals surface area contributed by atoms with E-state index in [0.29, 0.717) is 38.5 Å². The van der Waals surface area contributed by atoms with Gasteiger partial charge in [0, 0.05) is 47.8 Å². The third-order valence-electron chi connectivity index (χ3n) is 18.2. The van der Waals surface area contributed by atoms with Gasteiger partial charge < -0.3 is 30.3 Å². The predicted octanol–water partition coefficient (Wildman–Crippen LogP) is 2.92. The molecule has 0 amide bonds. The van der Waals surface area contributed by atoms with E-state index in [1.165, 1.54) is 0 Å². The summed E-state index contributed by atoms with van der Waals surface area (Å²) in [6.07, 6.45) is 4.88. The summed E-state index contributed by atoms with van der Waals surface area (Å²) in [5.41, 5.74) is -5.73. The second-order valence-corrected chi connectivity index (χ2v) is 20.0. The standard InChI is InChI=1S/C44H58O12/c1-39-18-31(49)37-27(29(39)9-11-43(39,54)33(51)20-45)7-5-22-13-25(47)15-24(41(22,37)3)16-36(53)56-35-17-26(48)14-23-6-8-28-30-10-12-44(55,34(52)21-46)40(30,2)19-32(50)38(28)42(23,35)4/h13-14,24,27-31,35,37-38,45-46,49,54-55H,5-12,15-21H2,1-4H3/t24?,27-,28-,29-,30-,31-,35?,37+,38+,39-,40-,41+,42+,43-,44-/m0/s1. The van der Waals surface area contributed by atoms with Gasteiger partial charge in [-0.1, -0.05) is 38.8 Å². The summed E-state index contributed by atoms with van der Waals surface area (Å²) in [5, 5.41) is 54.8. The summed E-state index contributed by atoms with van der Waals surface area (Å²) >= 11 is 0. The average molecular weight is 779 g/mol. The molecule has 0 aromatic carbocycles. The van der Waals surface area contributed by atoms with E-state index in [4.69, 9.17) is 4.74 Å². The number of hydrogen-bond acceptors (Lipinski definition) is 12. The Labute approximate surface area is 327 Å². The molecule has 8 aliphatic carbocycles. The van der Waals surface area contributed by atoms with Gasteiger partial charge in [-0.3, -0.25) is 28.8 Å². The highest BCUT2D eigenvalue weighted by Crippen LogP contribution is 2.70. The molecule has 0 aromatic heterocycles. The van der Waals surface area contributed by atoms with Gasteiger partial charge in [0.2, 0.25) is 0 Å². The van der Waals surface area contributed by atoms with Crippen LogP contribution in [0.3, 0.4) is 0 Å². The summed E-state index contributed by atoms with van der Waals surface area (Å²) in [4.78, 5) is 81.1. The van der Waals surface area contributed by atoms with Gasteiger partial charge in [0.1, 0.15) is 36.3 Å². The molecule has 5 N–H and O–H groups in total. The zero-order valence-corrected chi connectivity index (χ0v) is 33.1. The molecule has 8 aliphatic rings. The molecule has 0 bridgehead atoms. The normalized spacial score (nSPS) is 49.3. The third kappa shape index (κ3) is 5.07. The third-order valence-corrected chi connectivity index (χ3v) is 18.2. The molecule has 15 atom stereocenters. The largest absolute Gasteiger partial charge is 0.461 e. The van der Waals surface area contributed by atoms with Crippen LogP contribution in [0.2, 0.25) is 0 Å². The zero-order chi connectivity index (χ0) is 40.5. The van der Waals surface area contributed by atoms with Crippen LogP contribution in [0, 0.1) is 63.1 Å². The maximum absolute atomic E-state index is 14.4. The Balaban J connectivity index is 1.07. The second kappa shape index (κ2) is 13.1. The van der Waals surface area contributed by atoms with Crippen molar-refractivity contribution in [3.05, 3.63) is 23.3 Å². The van der Waals surface area contributed by atoms with Crippen LogP contribution in [0.5, 0.6) is 0 Å². The highest BCUT2D eigenvalue weighted by Gasteiger charge is 2.71. The highest BCUT2D eigenvalue weighted by atomic mass is 16.5. The van der Waals surface area contributed by atoms with Gasteiger partial charge in [0.05, 0.1) is 6.10 Å². The maximum Gasteiger partial charge on any atom is 0.306 e. The number of Topliss-reactive ketones (excluding diaryl/α,β-unsaturated/α-hetero) is 3. The lowest BCUT2D eigenvalue weighted by Crippen LogP contribution is -2.63. The van der Waals surface area contributed by atoms with Crippen LogP contribution < -0.4 is 0 Å². The van der Waals surface area contributed by atoms with Crippen molar-refractivity contribution in [1.82, 2.24) is 0 Å². The Morgan fingerprint density at radius 3 is 1.89 bits per heavy atom. The zero-order valence-electron chi connectivity index (χ0n) is 33.1. The smallest absolute Gasteiger partial charge is 0.306 e. The van der Waals surface area contributed by atoms with E-state index >= 15 is 0 Å². The SMILES string of the molecule is C[C@]12C[C@H](O)[C@H]3[C@@H](CCC4=CC(=O)CC(CC(=O)OC5CC(=O)C=C6CC[C@H]7[C@@H]8CC[C@](O)(C(=O)CO)[C@@]8(C)CC(=O)[C@@H]7[C@]65C)[C@@]43C)[C@@H]1CC[C@]2(O)C(=O)CO. The van der Waals surface area contributed by atoms with Gasteiger partial charge in [-0.15, -0.1) is 0 Å². The summed E-state index contributed by atoms with van der Waals surface area (Å²) in [5.74, 6) is -4.55. The number of hydrogen-bond donors (Lipinski definition) is 5. The summed E-state index contributed by atoms with van der Waals surface area (Å²) in [7, 11) is 0. The van der Waals surface area contributed by atoms with Crippen LogP contribution in [0.1, 0.15) is 111 Å². The van der Waals surface area contributed by atoms with Crippen molar-refractivity contribution in [3.8, 4) is 0 Å². The van der Waals surface area contributed by atoms with Gasteiger partial charge in [-0.05, 0) is 111 Å². The van der Waals surface area contributed by atoms with E-state index in [1.54, 1.807) is 19.1 Å². The van der Waals surface area contributed by atoms with Crippen molar-refractivity contribution in [2.45, 2.75) is 135 Å². The van der Waals surface area contributed by atoms with Gasteiger partial charge in [-0.2, -0.15) is 0 Å². The van der Waals surface area contributed by atoms with Gasteiger partial charge in [0.15, 0.2) is 23.1 Å². The Kier molecular flexibility index (Phi) is 9.30. The van der Waals surface area contributed by atoms with Gasteiger partial charge in [-0.25, -0.2) is 0 Å². The van der Waals surface area contributed by atoms with Crippen molar-refractivity contribution in [3.63, 3.8) is 0 Å². The number of ketones is 5. The number of aliphatic hydroxyl groups is 5. The molecule has 6 saturated carbocycles. The van der Waals surface area contributed by atoms with Crippen molar-refractivity contribution in [2.24, 2.45) is 63.1 Å². The number of rotatable bonds is 7. The van der Waals surface area contributed by atoms with E-state index < -0.39 is 87.7 Å². The van der Waals surface area contributed by atoms with Crippen LogP contribution in [0.4, 0.5) is 0 Å². The Morgan fingerprint density at radius 2 is 1.29 bits per heavy atom. The van der Waals surface area contributed by atoms with Crippen molar-refractivity contribution < 1.29 is 59.0 Å². The number of aliphatic hydroxyl groups excluding tert-OH is 3. The van der Waals surface area contributed by atoms with E-state index in [0.717, 1.165) is 11.1 Å². The molecule has 2 unspecified atom stereocenters. The minimum atomic E-state index is -1.82. The monoisotopic (exact) mass is 778 g/mol. The van der Waals surface area contributed by atoms with Crippen LogP contribution in [0.25, 0.3) is 0 Å². The van der Waals surface area contributed by atoms with Crippen molar-refractivity contribution >= 4 is 34.9 Å². The number of allylic oxidation sites excluding steroid dienone is 1. The van der Waals surface area contributed by atoms with Gasteiger partial charge >= 0.3 is 5.97 Å². The first-order valence-electron chi connectivity index (χ1n) is 20.9. The first-order chi connectivity index (χ1) is 26.2. The molecule has 0 heterocycles. The van der Waals surface area contributed by atoms with E-state index in [2.05, 4.69) is 0 Å². The first kappa shape index (κ1) is 39.9. The van der Waals surface area contributed by atoms with E-state index in [-0.39, 0.29) is 91.9 Å². The number of esters is 1. The molecule has 56 heavy (non-hydrogen) atoms. The van der Waals surface area contributed by atoms with Crippen LogP contribution in [-0.2, 0) is 33.5 Å². The quantitative estimate of drug-likeness (QED) is 0.236. The first-order valence-corrected chi connectivity index (χ1v) is 20.9. The van der Waals surface area contributed by atoms with Crippen LogP contribution >= 0.6 is 0 Å². The van der Waals surface area contributed by atoms with Gasteiger partial charge in [0.25, 0.3) is 0 Å². The molecule has 6 fully saturated rings. The molecule has 0 saturated heterocycles. The number of ether oxygens (including phenoxy) is 1. The lowest BCUT2D eigenvalue weighted by Gasteiger charge is -2.62. The fourth-order valence-corrected chi connectivity index (χ4v) is 15.3. The molecule has 8 rings (SSSR count).